The Kier molecular flexibility index (Phi) is 6.63. The SMILES string of the molecule is COc1ccc(N2C(=S)N[C@@H](c3ccccn3)[C@@H]2c2ccc(-c3ccc(Cl)cc3)o2)cc1NC(C)=O. The van der Waals surface area contributed by atoms with Gasteiger partial charge in [0.25, 0.3) is 0 Å². The number of amides is 1. The molecule has 9 heteroatoms. The molecular formula is C27H23ClN4O3S. The highest BCUT2D eigenvalue weighted by atomic mass is 35.5. The van der Waals surface area contributed by atoms with E-state index in [1.165, 1.54) is 6.92 Å². The van der Waals surface area contributed by atoms with Gasteiger partial charge >= 0.3 is 0 Å². The smallest absolute Gasteiger partial charge is 0.221 e. The lowest BCUT2D eigenvalue weighted by Gasteiger charge is -2.27. The largest absolute Gasteiger partial charge is 0.495 e. The maximum Gasteiger partial charge on any atom is 0.221 e. The molecule has 1 amide bonds. The number of carbonyl (C=O) groups is 1. The van der Waals surface area contributed by atoms with Crippen LogP contribution < -0.4 is 20.3 Å². The van der Waals surface area contributed by atoms with E-state index in [9.17, 15) is 4.79 Å². The number of hydrogen-bond acceptors (Lipinski definition) is 5. The van der Waals surface area contributed by atoms with Gasteiger partial charge in [0.15, 0.2) is 5.11 Å². The summed E-state index contributed by atoms with van der Waals surface area (Å²) in [4.78, 5) is 18.4. The zero-order chi connectivity index (χ0) is 25.2. The molecule has 36 heavy (non-hydrogen) atoms. The lowest BCUT2D eigenvalue weighted by molar-refractivity contribution is -0.114. The van der Waals surface area contributed by atoms with E-state index in [1.807, 2.05) is 71.6 Å². The molecule has 4 aromatic rings. The monoisotopic (exact) mass is 518 g/mol. The number of pyridine rings is 1. The van der Waals surface area contributed by atoms with Gasteiger partial charge in [-0.25, -0.2) is 0 Å². The van der Waals surface area contributed by atoms with Gasteiger partial charge in [-0.1, -0.05) is 17.7 Å². The minimum Gasteiger partial charge on any atom is -0.495 e. The summed E-state index contributed by atoms with van der Waals surface area (Å²) in [7, 11) is 1.56. The summed E-state index contributed by atoms with van der Waals surface area (Å²) in [6.07, 6.45) is 1.75. The van der Waals surface area contributed by atoms with Crippen molar-refractivity contribution in [2.24, 2.45) is 0 Å². The molecule has 7 nitrogen and oxygen atoms in total. The van der Waals surface area contributed by atoms with Gasteiger partial charge in [0.1, 0.15) is 23.3 Å². The van der Waals surface area contributed by atoms with Crippen molar-refractivity contribution in [3.8, 4) is 17.1 Å². The van der Waals surface area contributed by atoms with E-state index in [4.69, 9.17) is 33.0 Å². The van der Waals surface area contributed by atoms with Crippen molar-refractivity contribution in [2.45, 2.75) is 19.0 Å². The number of halogens is 1. The Morgan fingerprint density at radius 2 is 1.94 bits per heavy atom. The van der Waals surface area contributed by atoms with Crippen molar-refractivity contribution >= 4 is 46.2 Å². The zero-order valence-corrected chi connectivity index (χ0v) is 21.1. The molecule has 0 saturated carbocycles. The van der Waals surface area contributed by atoms with Crippen LogP contribution in [0.5, 0.6) is 5.75 Å². The van der Waals surface area contributed by atoms with Crippen molar-refractivity contribution in [1.82, 2.24) is 10.3 Å². The highest BCUT2D eigenvalue weighted by Crippen LogP contribution is 2.44. The molecule has 3 heterocycles. The summed E-state index contributed by atoms with van der Waals surface area (Å²) >= 11 is 11.9. The lowest BCUT2D eigenvalue weighted by Crippen LogP contribution is -2.29. The fourth-order valence-corrected chi connectivity index (χ4v) is 4.81. The Morgan fingerprint density at radius 3 is 2.64 bits per heavy atom. The Bertz CT molecular complexity index is 1410. The standard InChI is InChI=1S/C27H23ClN4O3S/c1-16(33)30-21-15-19(10-11-23(21)34-2)32-26(25(31-27(32)36)20-5-3-4-14-29-20)24-13-12-22(35-24)17-6-8-18(28)9-7-17/h3-15,25-26H,1-2H3,(H,30,33)(H,31,36)/t25-,26-/m0/s1. The number of hydrogen-bond donors (Lipinski definition) is 2. The van der Waals surface area contributed by atoms with Crippen LogP contribution in [-0.2, 0) is 4.79 Å². The number of thiocarbonyl (C=S) groups is 1. The number of carbonyl (C=O) groups excluding carboxylic acids is 1. The normalized spacial score (nSPS) is 17.1. The number of rotatable bonds is 6. The van der Waals surface area contributed by atoms with Crippen LogP contribution in [0.25, 0.3) is 11.3 Å². The van der Waals surface area contributed by atoms with Crippen LogP contribution in [0.2, 0.25) is 5.02 Å². The summed E-state index contributed by atoms with van der Waals surface area (Å²) < 4.78 is 11.8. The van der Waals surface area contributed by atoms with E-state index in [0.29, 0.717) is 33.1 Å². The van der Waals surface area contributed by atoms with Crippen molar-refractivity contribution in [3.63, 3.8) is 0 Å². The number of ether oxygens (including phenoxy) is 1. The van der Waals surface area contributed by atoms with Crippen LogP contribution in [0.4, 0.5) is 11.4 Å². The molecule has 1 aliphatic heterocycles. The second-order valence-corrected chi connectivity index (χ2v) is 9.09. The first kappa shape index (κ1) is 23.8. The van der Waals surface area contributed by atoms with Crippen molar-refractivity contribution in [1.29, 1.82) is 0 Å². The Balaban J connectivity index is 1.60. The van der Waals surface area contributed by atoms with Crippen LogP contribution in [-0.4, -0.2) is 23.1 Å². The highest BCUT2D eigenvalue weighted by molar-refractivity contribution is 7.80. The van der Waals surface area contributed by atoms with E-state index < -0.39 is 0 Å². The molecule has 1 fully saturated rings. The molecule has 1 saturated heterocycles. The van der Waals surface area contributed by atoms with E-state index in [-0.39, 0.29) is 18.0 Å². The van der Waals surface area contributed by atoms with Crippen LogP contribution in [0.3, 0.4) is 0 Å². The van der Waals surface area contributed by atoms with Gasteiger partial charge in [0, 0.05) is 29.4 Å². The predicted molar refractivity (Wildman–Crippen MR) is 144 cm³/mol. The molecule has 2 atom stereocenters. The number of anilines is 2. The molecule has 1 aliphatic rings. The second kappa shape index (κ2) is 10.0. The lowest BCUT2D eigenvalue weighted by atomic mass is 10.0. The quantitative estimate of drug-likeness (QED) is 0.297. The first-order chi connectivity index (χ1) is 17.4. The minimum absolute atomic E-state index is 0.200. The van der Waals surface area contributed by atoms with E-state index in [1.54, 1.807) is 19.4 Å². The third-order valence-corrected chi connectivity index (χ3v) is 6.48. The average Bonchev–Trinajstić information content (AvgIpc) is 3.49. The number of nitrogens with zero attached hydrogens (tertiary/aromatic N) is 2. The van der Waals surface area contributed by atoms with Crippen LogP contribution in [0.15, 0.2) is 83.4 Å². The highest BCUT2D eigenvalue weighted by Gasteiger charge is 2.42. The van der Waals surface area contributed by atoms with Gasteiger partial charge in [-0.05, 0) is 78.9 Å². The van der Waals surface area contributed by atoms with Crippen molar-refractivity contribution in [3.05, 3.63) is 95.5 Å². The Hall–Kier alpha value is -3.88. The summed E-state index contributed by atoms with van der Waals surface area (Å²) in [5.74, 6) is 1.77. The molecule has 2 N–H and O–H groups in total. The zero-order valence-electron chi connectivity index (χ0n) is 19.6. The molecule has 2 aromatic heterocycles. The molecule has 0 spiro atoms. The molecule has 0 bridgehead atoms. The van der Waals surface area contributed by atoms with Crippen LogP contribution in [0.1, 0.15) is 30.5 Å². The van der Waals surface area contributed by atoms with Gasteiger partial charge in [0.2, 0.25) is 5.91 Å². The van der Waals surface area contributed by atoms with E-state index in [2.05, 4.69) is 15.6 Å². The van der Waals surface area contributed by atoms with E-state index >= 15 is 0 Å². The van der Waals surface area contributed by atoms with Gasteiger partial charge < -0.3 is 24.7 Å². The average molecular weight is 519 g/mol. The topological polar surface area (TPSA) is 79.6 Å². The molecule has 0 radical (unpaired) electrons. The molecule has 0 unspecified atom stereocenters. The van der Waals surface area contributed by atoms with E-state index in [0.717, 1.165) is 16.9 Å². The van der Waals surface area contributed by atoms with Crippen LogP contribution in [0, 0.1) is 0 Å². The summed E-state index contributed by atoms with van der Waals surface area (Å²) in [6, 6.07) is 22.1. The van der Waals surface area contributed by atoms with Crippen molar-refractivity contribution in [2.75, 3.05) is 17.3 Å². The number of nitrogens with one attached hydrogen (secondary N) is 2. The van der Waals surface area contributed by atoms with Gasteiger partial charge in [-0.15, -0.1) is 0 Å². The maximum absolute atomic E-state index is 11.8. The molecular weight excluding hydrogens is 496 g/mol. The Morgan fingerprint density at radius 1 is 1.14 bits per heavy atom. The predicted octanol–water partition coefficient (Wildman–Crippen LogP) is 6.14. The van der Waals surface area contributed by atoms with Gasteiger partial charge in [-0.2, -0.15) is 0 Å². The summed E-state index contributed by atoms with van der Waals surface area (Å²) in [5.41, 5.74) is 3.06. The first-order valence-electron chi connectivity index (χ1n) is 11.3. The minimum atomic E-state index is -0.341. The van der Waals surface area contributed by atoms with Crippen molar-refractivity contribution < 1.29 is 13.9 Å². The Labute approximate surface area is 219 Å². The third-order valence-electron chi connectivity index (χ3n) is 5.92. The van der Waals surface area contributed by atoms with Gasteiger partial charge in [0.05, 0.1) is 24.5 Å². The molecule has 2 aromatic carbocycles. The fourth-order valence-electron chi connectivity index (χ4n) is 4.34. The summed E-state index contributed by atoms with van der Waals surface area (Å²) in [5, 5.41) is 7.41. The van der Waals surface area contributed by atoms with Gasteiger partial charge in [-0.3, -0.25) is 9.78 Å². The summed E-state index contributed by atoms with van der Waals surface area (Å²) in [6.45, 7) is 1.45. The second-order valence-electron chi connectivity index (χ2n) is 8.27. The molecule has 5 rings (SSSR count). The fraction of sp³-hybridized carbons (Fsp3) is 0.148. The van der Waals surface area contributed by atoms with Crippen LogP contribution >= 0.6 is 23.8 Å². The number of benzene rings is 2. The number of aromatic nitrogens is 1. The third kappa shape index (κ3) is 4.65. The number of furan rings is 1. The first-order valence-corrected chi connectivity index (χ1v) is 12.0. The maximum atomic E-state index is 11.8. The molecule has 0 aliphatic carbocycles. The molecule has 182 valence electrons. The number of methoxy groups -OCH3 is 1.